The third kappa shape index (κ3) is 5.01. The number of aromatic nitrogens is 2. The van der Waals surface area contributed by atoms with Crippen LogP contribution >= 0.6 is 24.8 Å². The third-order valence-corrected chi connectivity index (χ3v) is 5.35. The summed E-state index contributed by atoms with van der Waals surface area (Å²) in [6.45, 7) is 1.75. The molecule has 2 heterocycles. The van der Waals surface area contributed by atoms with Gasteiger partial charge in [0.15, 0.2) is 0 Å². The van der Waals surface area contributed by atoms with E-state index >= 15 is 0 Å². The molecule has 1 aromatic heterocycles. The summed E-state index contributed by atoms with van der Waals surface area (Å²) in [6, 6.07) is 3.81. The number of nitrogens with two attached hydrogens (primary N) is 1. The van der Waals surface area contributed by atoms with Gasteiger partial charge in [-0.3, -0.25) is 0 Å². The average Bonchev–Trinajstić information content (AvgIpc) is 3.29. The number of benzene rings is 1. The molecule has 1 aromatic carbocycles. The first-order chi connectivity index (χ1) is 13.3. The molecule has 11 heteroatoms. The van der Waals surface area contributed by atoms with Crippen LogP contribution in [-0.4, -0.2) is 36.1 Å². The van der Waals surface area contributed by atoms with E-state index < -0.39 is 11.7 Å². The highest BCUT2D eigenvalue weighted by Crippen LogP contribution is 2.35. The molecule has 4 rings (SSSR count). The Labute approximate surface area is 185 Å². The lowest BCUT2D eigenvalue weighted by Crippen LogP contribution is -2.30. The van der Waals surface area contributed by atoms with Crippen molar-refractivity contribution in [2.24, 2.45) is 0 Å². The Morgan fingerprint density at radius 3 is 2.57 bits per heavy atom. The van der Waals surface area contributed by atoms with Crippen LogP contribution in [0.25, 0.3) is 0 Å². The van der Waals surface area contributed by atoms with Crippen molar-refractivity contribution in [3.63, 3.8) is 0 Å². The highest BCUT2D eigenvalue weighted by Gasteiger charge is 2.31. The van der Waals surface area contributed by atoms with E-state index in [-0.39, 0.29) is 36.2 Å². The van der Waals surface area contributed by atoms with Crippen molar-refractivity contribution in [1.82, 2.24) is 15.3 Å². The molecule has 1 aliphatic carbocycles. The number of nitrogens with zero attached hydrogens (tertiary/aromatic N) is 3. The van der Waals surface area contributed by atoms with Crippen LogP contribution in [0.5, 0.6) is 0 Å². The summed E-state index contributed by atoms with van der Waals surface area (Å²) in [5.74, 6) is 1.20. The van der Waals surface area contributed by atoms with Crippen LogP contribution < -0.4 is 21.3 Å². The summed E-state index contributed by atoms with van der Waals surface area (Å²) in [5, 5.41) is 6.22. The van der Waals surface area contributed by atoms with Crippen molar-refractivity contribution in [2.45, 2.75) is 37.9 Å². The molecule has 0 spiro atoms. The van der Waals surface area contributed by atoms with Crippen LogP contribution in [0, 0.1) is 0 Å². The second-order valence-corrected chi connectivity index (χ2v) is 7.34. The molecular weight excluding hydrogens is 440 g/mol. The van der Waals surface area contributed by atoms with Gasteiger partial charge in [-0.25, -0.2) is 4.98 Å². The van der Waals surface area contributed by atoms with Crippen LogP contribution in [0.1, 0.15) is 29.7 Å². The van der Waals surface area contributed by atoms with Crippen molar-refractivity contribution in [1.29, 1.82) is 0 Å². The van der Waals surface area contributed by atoms with E-state index in [9.17, 15) is 13.2 Å². The van der Waals surface area contributed by atoms with Gasteiger partial charge in [0.2, 0.25) is 5.95 Å². The quantitative estimate of drug-likeness (QED) is 0.594. The number of nitrogen functional groups attached to an aromatic ring is 1. The monoisotopic (exact) mass is 464 g/mol. The molecule has 1 unspecified atom stereocenters. The number of hydrogen-bond acceptors (Lipinski definition) is 6. The summed E-state index contributed by atoms with van der Waals surface area (Å²) in [6.07, 6.45) is -0.633. The van der Waals surface area contributed by atoms with Gasteiger partial charge >= 0.3 is 6.18 Å². The third-order valence-electron chi connectivity index (χ3n) is 5.35. The lowest BCUT2D eigenvalue weighted by atomic mass is 10.1. The first kappa shape index (κ1) is 24.3. The minimum Gasteiger partial charge on any atom is -0.399 e. The molecule has 2 aromatic rings. The van der Waals surface area contributed by atoms with E-state index in [4.69, 9.17) is 5.73 Å². The number of aryl methyl sites for hydroxylation is 1. The zero-order valence-electron chi connectivity index (χ0n) is 16.4. The molecule has 2 aliphatic rings. The van der Waals surface area contributed by atoms with Gasteiger partial charge in [0, 0.05) is 36.1 Å². The van der Waals surface area contributed by atoms with Crippen LogP contribution in [0.2, 0.25) is 0 Å². The van der Waals surface area contributed by atoms with Crippen LogP contribution in [0.4, 0.5) is 36.3 Å². The smallest absolute Gasteiger partial charge is 0.399 e. The normalized spacial score (nSPS) is 17.9. The number of hydrogen-bond donors (Lipinski definition) is 3. The minimum atomic E-state index is -4.46. The van der Waals surface area contributed by atoms with Crippen LogP contribution in [0.3, 0.4) is 0 Å². The van der Waals surface area contributed by atoms with Crippen molar-refractivity contribution in [3.05, 3.63) is 35.0 Å². The first-order valence-corrected chi connectivity index (χ1v) is 9.40. The van der Waals surface area contributed by atoms with Gasteiger partial charge in [0.05, 0.1) is 11.3 Å². The molecule has 4 N–H and O–H groups in total. The van der Waals surface area contributed by atoms with E-state index in [1.165, 1.54) is 6.07 Å². The molecule has 1 fully saturated rings. The highest BCUT2D eigenvalue weighted by atomic mass is 35.5. The Balaban J connectivity index is 0.00000160. The zero-order chi connectivity index (χ0) is 19.9. The van der Waals surface area contributed by atoms with E-state index in [0.717, 1.165) is 68.0 Å². The predicted octanol–water partition coefficient (Wildman–Crippen LogP) is 3.95. The standard InChI is InChI=1S/C19H23F3N6.2ClH/c1-24-13-5-6-28(10-13)17-15-3-2-4-16(15)26-18(27-17)25-14-8-11(19(20,21)22)7-12(23)9-14;;/h7-9,13,24H,2-6,10,23H2,1H3,(H,25,26,27);2*1H. The average molecular weight is 465 g/mol. The fourth-order valence-corrected chi connectivity index (χ4v) is 3.93. The first-order valence-electron chi connectivity index (χ1n) is 9.40. The molecule has 0 bridgehead atoms. The summed E-state index contributed by atoms with van der Waals surface area (Å²) in [5.41, 5.74) is 7.26. The fraction of sp³-hybridized carbons (Fsp3) is 0.474. The summed E-state index contributed by atoms with van der Waals surface area (Å²) >= 11 is 0. The van der Waals surface area contributed by atoms with Crippen LogP contribution in [0.15, 0.2) is 18.2 Å². The van der Waals surface area contributed by atoms with Crippen molar-refractivity contribution in [3.8, 4) is 0 Å². The largest absolute Gasteiger partial charge is 0.416 e. The number of rotatable bonds is 4. The van der Waals surface area contributed by atoms with Crippen LogP contribution in [-0.2, 0) is 19.0 Å². The lowest BCUT2D eigenvalue weighted by molar-refractivity contribution is -0.137. The van der Waals surface area contributed by atoms with Crippen molar-refractivity contribution >= 4 is 48.0 Å². The molecule has 166 valence electrons. The van der Waals surface area contributed by atoms with Crippen molar-refractivity contribution < 1.29 is 13.2 Å². The molecule has 0 saturated carbocycles. The molecule has 1 atom stereocenters. The van der Waals surface area contributed by atoms with Gasteiger partial charge in [0.1, 0.15) is 5.82 Å². The molecular formula is C19H25Cl2F3N6. The Kier molecular flexibility index (Phi) is 7.65. The Morgan fingerprint density at radius 2 is 1.90 bits per heavy atom. The van der Waals surface area contributed by atoms with E-state index in [1.54, 1.807) is 0 Å². The van der Waals surface area contributed by atoms with Crippen molar-refractivity contribution in [2.75, 3.05) is 36.1 Å². The minimum absolute atomic E-state index is 0. The lowest BCUT2D eigenvalue weighted by Gasteiger charge is -2.21. The molecule has 0 amide bonds. The molecule has 6 nitrogen and oxygen atoms in total. The van der Waals surface area contributed by atoms with Gasteiger partial charge in [-0.05, 0) is 50.9 Å². The molecule has 30 heavy (non-hydrogen) atoms. The van der Waals surface area contributed by atoms with E-state index in [0.29, 0.717) is 12.0 Å². The fourth-order valence-electron chi connectivity index (χ4n) is 3.93. The summed E-state index contributed by atoms with van der Waals surface area (Å²) in [7, 11) is 1.95. The second-order valence-electron chi connectivity index (χ2n) is 7.34. The highest BCUT2D eigenvalue weighted by molar-refractivity contribution is 5.85. The maximum Gasteiger partial charge on any atom is 0.416 e. The van der Waals surface area contributed by atoms with E-state index in [1.807, 2.05) is 7.05 Å². The van der Waals surface area contributed by atoms with E-state index in [2.05, 4.69) is 25.5 Å². The summed E-state index contributed by atoms with van der Waals surface area (Å²) < 4.78 is 39.2. The second kappa shape index (κ2) is 9.45. The Morgan fingerprint density at radius 1 is 1.13 bits per heavy atom. The number of nitrogens with one attached hydrogen (secondary N) is 2. The maximum atomic E-state index is 13.1. The van der Waals surface area contributed by atoms with Gasteiger partial charge in [-0.15, -0.1) is 24.8 Å². The topological polar surface area (TPSA) is 79.1 Å². The SMILES string of the molecule is CNC1CCN(c2nc(Nc3cc(N)cc(C(F)(F)F)c3)nc3c2CCC3)C1.Cl.Cl. The number of halogens is 5. The summed E-state index contributed by atoms with van der Waals surface area (Å²) in [4.78, 5) is 11.5. The Hall–Kier alpha value is -1.97. The number of fused-ring (bicyclic) bond motifs is 1. The predicted molar refractivity (Wildman–Crippen MR) is 117 cm³/mol. The van der Waals surface area contributed by atoms with Gasteiger partial charge in [-0.2, -0.15) is 18.2 Å². The number of alkyl halides is 3. The molecule has 1 aliphatic heterocycles. The van der Waals surface area contributed by atoms with Gasteiger partial charge < -0.3 is 21.3 Å². The number of anilines is 4. The molecule has 0 radical (unpaired) electrons. The number of likely N-dealkylation sites (N-methyl/N-ethyl adjacent to an activating group) is 1. The zero-order valence-corrected chi connectivity index (χ0v) is 18.1. The van der Waals surface area contributed by atoms with Gasteiger partial charge in [0.25, 0.3) is 0 Å². The maximum absolute atomic E-state index is 13.1. The Bertz CT molecular complexity index is 893. The van der Waals surface area contributed by atoms with Gasteiger partial charge in [-0.1, -0.05) is 0 Å². The molecule has 1 saturated heterocycles.